The number of primary amides is 1. The van der Waals surface area contributed by atoms with Crippen LogP contribution in [0.1, 0.15) is 31.1 Å². The lowest BCUT2D eigenvalue weighted by molar-refractivity contribution is -0.0176. The van der Waals surface area contributed by atoms with Crippen LogP contribution in [0, 0.1) is 12.3 Å². The standard InChI is InChI=1S/C20H23NO4/c1-12-9-13(6-8-16(12)23-4)14-5-7-15-17(10-14)24-11-20(2,3)18(15)25-19(21)22/h5-10,18H,11H2,1-4H3,(H2,21,22). The Morgan fingerprint density at radius 1 is 1.20 bits per heavy atom. The van der Waals surface area contributed by atoms with Crippen molar-refractivity contribution in [1.82, 2.24) is 0 Å². The number of ether oxygens (including phenoxy) is 3. The van der Waals surface area contributed by atoms with E-state index in [0.29, 0.717) is 6.61 Å². The van der Waals surface area contributed by atoms with Crippen molar-refractivity contribution >= 4 is 6.09 Å². The van der Waals surface area contributed by atoms with Gasteiger partial charge < -0.3 is 19.9 Å². The molecule has 0 saturated carbocycles. The summed E-state index contributed by atoms with van der Waals surface area (Å²) in [4.78, 5) is 11.3. The summed E-state index contributed by atoms with van der Waals surface area (Å²) in [6.45, 7) is 6.44. The fraction of sp³-hybridized carbons (Fsp3) is 0.350. The molecule has 0 spiro atoms. The summed E-state index contributed by atoms with van der Waals surface area (Å²) in [6.07, 6.45) is -1.21. The van der Waals surface area contributed by atoms with Crippen molar-refractivity contribution in [3.8, 4) is 22.6 Å². The summed E-state index contributed by atoms with van der Waals surface area (Å²) in [5.41, 5.74) is 8.91. The van der Waals surface area contributed by atoms with E-state index >= 15 is 0 Å². The van der Waals surface area contributed by atoms with Gasteiger partial charge in [-0.3, -0.25) is 0 Å². The Morgan fingerprint density at radius 3 is 2.52 bits per heavy atom. The zero-order valence-electron chi connectivity index (χ0n) is 15.0. The highest BCUT2D eigenvalue weighted by Crippen LogP contribution is 2.46. The highest BCUT2D eigenvalue weighted by molar-refractivity contribution is 5.69. The molecule has 2 aromatic rings. The average Bonchev–Trinajstić information content (AvgIpc) is 2.57. The van der Waals surface area contributed by atoms with Gasteiger partial charge in [0, 0.05) is 11.0 Å². The maximum absolute atomic E-state index is 11.3. The van der Waals surface area contributed by atoms with E-state index in [1.165, 1.54) is 0 Å². The van der Waals surface area contributed by atoms with Gasteiger partial charge in [-0.05, 0) is 41.8 Å². The summed E-state index contributed by atoms with van der Waals surface area (Å²) >= 11 is 0. The molecule has 1 aliphatic heterocycles. The summed E-state index contributed by atoms with van der Waals surface area (Å²) in [5, 5.41) is 0. The minimum Gasteiger partial charge on any atom is -0.496 e. The zero-order valence-corrected chi connectivity index (χ0v) is 15.0. The molecular formula is C20H23NO4. The Hall–Kier alpha value is -2.69. The third-order valence-corrected chi connectivity index (χ3v) is 4.57. The van der Waals surface area contributed by atoms with Gasteiger partial charge in [0.2, 0.25) is 0 Å². The quantitative estimate of drug-likeness (QED) is 0.907. The maximum atomic E-state index is 11.3. The number of rotatable bonds is 3. The molecule has 5 heteroatoms. The first-order chi connectivity index (χ1) is 11.8. The summed E-state index contributed by atoms with van der Waals surface area (Å²) in [7, 11) is 1.66. The second-order valence-corrected chi connectivity index (χ2v) is 7.03. The molecule has 1 atom stereocenters. The number of aryl methyl sites for hydroxylation is 1. The molecule has 2 N–H and O–H groups in total. The smallest absolute Gasteiger partial charge is 0.405 e. The molecule has 2 aromatic carbocycles. The van der Waals surface area contributed by atoms with Crippen LogP contribution in [-0.2, 0) is 4.74 Å². The number of hydrogen-bond acceptors (Lipinski definition) is 4. The molecule has 1 amide bonds. The predicted molar refractivity (Wildman–Crippen MR) is 95.9 cm³/mol. The third-order valence-electron chi connectivity index (χ3n) is 4.57. The van der Waals surface area contributed by atoms with Crippen LogP contribution in [0.3, 0.4) is 0 Å². The van der Waals surface area contributed by atoms with Crippen LogP contribution < -0.4 is 15.2 Å². The molecule has 5 nitrogen and oxygen atoms in total. The third kappa shape index (κ3) is 3.27. The SMILES string of the molecule is COc1ccc(-c2ccc3c(c2)OCC(C)(C)C3OC(N)=O)cc1C. The Balaban J connectivity index is 2.00. The molecule has 1 unspecified atom stereocenters. The number of methoxy groups -OCH3 is 1. The van der Waals surface area contributed by atoms with Crippen LogP contribution in [0.5, 0.6) is 11.5 Å². The van der Waals surface area contributed by atoms with E-state index in [-0.39, 0.29) is 5.41 Å². The lowest BCUT2D eigenvalue weighted by Crippen LogP contribution is -2.37. The first-order valence-electron chi connectivity index (χ1n) is 8.19. The van der Waals surface area contributed by atoms with Crippen LogP contribution in [0.15, 0.2) is 36.4 Å². The highest BCUT2D eigenvalue weighted by atomic mass is 16.6. The first-order valence-corrected chi connectivity index (χ1v) is 8.19. The summed E-state index contributed by atoms with van der Waals surface area (Å²) in [5.74, 6) is 1.58. The lowest BCUT2D eigenvalue weighted by atomic mass is 9.80. The van der Waals surface area contributed by atoms with Crippen molar-refractivity contribution in [2.75, 3.05) is 13.7 Å². The molecule has 3 rings (SSSR count). The second-order valence-electron chi connectivity index (χ2n) is 7.03. The molecule has 0 fully saturated rings. The van der Waals surface area contributed by atoms with Crippen LogP contribution in [0.4, 0.5) is 4.79 Å². The number of amides is 1. The van der Waals surface area contributed by atoms with E-state index < -0.39 is 12.2 Å². The molecule has 1 heterocycles. The Bertz CT molecular complexity index is 813. The van der Waals surface area contributed by atoms with E-state index in [9.17, 15) is 4.79 Å². The number of carbonyl (C=O) groups is 1. The lowest BCUT2D eigenvalue weighted by Gasteiger charge is -2.38. The molecule has 0 radical (unpaired) electrons. The van der Waals surface area contributed by atoms with Crippen molar-refractivity contribution < 1.29 is 19.0 Å². The van der Waals surface area contributed by atoms with Gasteiger partial charge in [-0.25, -0.2) is 4.79 Å². The Labute approximate surface area is 147 Å². The van der Waals surface area contributed by atoms with Gasteiger partial charge in [-0.1, -0.05) is 32.0 Å². The van der Waals surface area contributed by atoms with E-state index in [2.05, 4.69) is 6.07 Å². The van der Waals surface area contributed by atoms with Crippen LogP contribution in [0.2, 0.25) is 0 Å². The topological polar surface area (TPSA) is 70.8 Å². The fourth-order valence-corrected chi connectivity index (χ4v) is 3.21. The van der Waals surface area contributed by atoms with Gasteiger partial charge in [0.1, 0.15) is 17.6 Å². The van der Waals surface area contributed by atoms with Gasteiger partial charge in [-0.15, -0.1) is 0 Å². The van der Waals surface area contributed by atoms with Gasteiger partial charge >= 0.3 is 6.09 Å². The molecule has 0 aromatic heterocycles. The van der Waals surface area contributed by atoms with Crippen molar-refractivity contribution in [2.45, 2.75) is 26.9 Å². The predicted octanol–water partition coefficient (Wildman–Crippen LogP) is 4.23. The minimum absolute atomic E-state index is 0.347. The van der Waals surface area contributed by atoms with Crippen LogP contribution in [-0.4, -0.2) is 19.8 Å². The van der Waals surface area contributed by atoms with Crippen LogP contribution >= 0.6 is 0 Å². The van der Waals surface area contributed by atoms with Gasteiger partial charge in [0.15, 0.2) is 0 Å². The van der Waals surface area contributed by atoms with Gasteiger partial charge in [-0.2, -0.15) is 0 Å². The molecule has 0 bridgehead atoms. The van der Waals surface area contributed by atoms with E-state index in [0.717, 1.165) is 33.8 Å². The molecule has 0 saturated heterocycles. The fourth-order valence-electron chi connectivity index (χ4n) is 3.21. The van der Waals surface area contributed by atoms with Crippen molar-refractivity contribution in [2.24, 2.45) is 11.1 Å². The van der Waals surface area contributed by atoms with Gasteiger partial charge in [0.25, 0.3) is 0 Å². The molecular weight excluding hydrogens is 318 g/mol. The van der Waals surface area contributed by atoms with E-state index in [1.807, 2.05) is 51.1 Å². The van der Waals surface area contributed by atoms with Crippen LogP contribution in [0.25, 0.3) is 11.1 Å². The average molecular weight is 341 g/mol. The van der Waals surface area contributed by atoms with E-state index in [1.54, 1.807) is 7.11 Å². The van der Waals surface area contributed by atoms with Crippen molar-refractivity contribution in [3.63, 3.8) is 0 Å². The molecule has 25 heavy (non-hydrogen) atoms. The number of carbonyl (C=O) groups excluding carboxylic acids is 1. The zero-order chi connectivity index (χ0) is 18.2. The van der Waals surface area contributed by atoms with Crippen molar-refractivity contribution in [1.29, 1.82) is 0 Å². The second kappa shape index (κ2) is 6.31. The number of fused-ring (bicyclic) bond motifs is 1. The number of hydrogen-bond donors (Lipinski definition) is 1. The highest BCUT2D eigenvalue weighted by Gasteiger charge is 2.40. The summed E-state index contributed by atoms with van der Waals surface area (Å²) in [6, 6.07) is 12.0. The largest absolute Gasteiger partial charge is 0.496 e. The normalized spacial score (nSPS) is 18.0. The monoisotopic (exact) mass is 341 g/mol. The minimum atomic E-state index is -0.777. The Kier molecular flexibility index (Phi) is 4.33. The number of nitrogens with two attached hydrogens (primary N) is 1. The van der Waals surface area contributed by atoms with E-state index in [4.69, 9.17) is 19.9 Å². The Morgan fingerprint density at radius 2 is 1.88 bits per heavy atom. The van der Waals surface area contributed by atoms with Gasteiger partial charge in [0.05, 0.1) is 13.7 Å². The summed E-state index contributed by atoms with van der Waals surface area (Å²) < 4.78 is 16.6. The molecule has 132 valence electrons. The molecule has 0 aliphatic carbocycles. The maximum Gasteiger partial charge on any atom is 0.405 e. The number of benzene rings is 2. The first kappa shape index (κ1) is 17.1. The molecule has 1 aliphatic rings. The van der Waals surface area contributed by atoms with Crippen molar-refractivity contribution in [3.05, 3.63) is 47.5 Å².